The SMILES string of the molecule is Cc1csc(SCC(=O)N[C@H]2[C@H]3CCO[C@H]3[C@@H]2NS(C)(=O)=O)n1. The highest BCUT2D eigenvalue weighted by molar-refractivity contribution is 8.01. The Bertz CT molecular complexity index is 690. The van der Waals surface area contributed by atoms with Gasteiger partial charge in [0.05, 0.1) is 30.2 Å². The van der Waals surface area contributed by atoms with Gasteiger partial charge in [-0.15, -0.1) is 11.3 Å². The standard InChI is InChI=1S/C13H19N3O4S3/c1-7-5-21-13(14-7)22-6-9(17)15-10-8-3-4-20-12(8)11(10)16-23(2,18)19/h5,8,10-12,16H,3-4,6H2,1-2H3,(H,15,17)/t8-,10+,11-,12-/m1/s1. The van der Waals surface area contributed by atoms with Gasteiger partial charge in [-0.05, 0) is 13.3 Å². The summed E-state index contributed by atoms with van der Waals surface area (Å²) in [5.41, 5.74) is 0.945. The van der Waals surface area contributed by atoms with Gasteiger partial charge in [-0.1, -0.05) is 11.8 Å². The minimum atomic E-state index is -3.34. The lowest BCUT2D eigenvalue weighted by Crippen LogP contribution is -2.70. The fourth-order valence-corrected chi connectivity index (χ4v) is 5.48. The molecule has 0 spiro atoms. The summed E-state index contributed by atoms with van der Waals surface area (Å²) in [4.78, 5) is 16.5. The van der Waals surface area contributed by atoms with Crippen molar-refractivity contribution >= 4 is 39.0 Å². The summed E-state index contributed by atoms with van der Waals surface area (Å²) in [6.45, 7) is 2.52. The zero-order valence-electron chi connectivity index (χ0n) is 12.8. The smallest absolute Gasteiger partial charge is 0.230 e. The summed E-state index contributed by atoms with van der Waals surface area (Å²) in [7, 11) is -3.34. The van der Waals surface area contributed by atoms with Gasteiger partial charge in [-0.3, -0.25) is 4.79 Å². The third-order valence-electron chi connectivity index (χ3n) is 3.99. The first kappa shape index (κ1) is 17.2. The van der Waals surface area contributed by atoms with Crippen molar-refractivity contribution in [3.05, 3.63) is 11.1 Å². The molecule has 1 aliphatic carbocycles. The van der Waals surface area contributed by atoms with Crippen molar-refractivity contribution in [2.24, 2.45) is 5.92 Å². The number of sulfonamides is 1. The molecule has 1 aliphatic heterocycles. The minimum absolute atomic E-state index is 0.112. The van der Waals surface area contributed by atoms with Crippen molar-refractivity contribution in [2.75, 3.05) is 18.6 Å². The number of fused-ring (bicyclic) bond motifs is 1. The van der Waals surface area contributed by atoms with Crippen molar-refractivity contribution in [1.82, 2.24) is 15.0 Å². The van der Waals surface area contributed by atoms with Crippen LogP contribution in [0.2, 0.25) is 0 Å². The van der Waals surface area contributed by atoms with Gasteiger partial charge in [-0.2, -0.15) is 0 Å². The van der Waals surface area contributed by atoms with Crippen LogP contribution < -0.4 is 10.0 Å². The van der Waals surface area contributed by atoms with Crippen molar-refractivity contribution in [3.8, 4) is 0 Å². The van der Waals surface area contributed by atoms with Gasteiger partial charge >= 0.3 is 0 Å². The molecule has 128 valence electrons. The normalized spacial score (nSPS) is 29.8. The Morgan fingerprint density at radius 1 is 1.52 bits per heavy atom. The van der Waals surface area contributed by atoms with E-state index in [-0.39, 0.29) is 35.8 Å². The van der Waals surface area contributed by atoms with Crippen LogP contribution in [0.5, 0.6) is 0 Å². The Morgan fingerprint density at radius 3 is 2.96 bits per heavy atom. The maximum absolute atomic E-state index is 12.2. The van der Waals surface area contributed by atoms with E-state index in [2.05, 4.69) is 15.0 Å². The van der Waals surface area contributed by atoms with Crippen molar-refractivity contribution < 1.29 is 17.9 Å². The molecule has 3 rings (SSSR count). The number of amides is 1. The molecule has 0 radical (unpaired) electrons. The van der Waals surface area contributed by atoms with E-state index in [9.17, 15) is 13.2 Å². The van der Waals surface area contributed by atoms with Crippen LogP contribution >= 0.6 is 23.1 Å². The summed E-state index contributed by atoms with van der Waals surface area (Å²) in [5, 5.41) is 4.89. The number of thioether (sulfide) groups is 1. The zero-order valence-corrected chi connectivity index (χ0v) is 15.3. The van der Waals surface area contributed by atoms with Crippen LogP contribution in [0.4, 0.5) is 0 Å². The molecule has 0 aromatic carbocycles. The summed E-state index contributed by atoms with van der Waals surface area (Å²) >= 11 is 2.91. The van der Waals surface area contributed by atoms with Gasteiger partial charge < -0.3 is 10.1 Å². The minimum Gasteiger partial charge on any atom is -0.376 e. The third-order valence-corrected chi connectivity index (χ3v) is 6.83. The van der Waals surface area contributed by atoms with Crippen LogP contribution in [-0.2, 0) is 19.6 Å². The number of aryl methyl sites for hydroxylation is 1. The molecule has 1 amide bonds. The van der Waals surface area contributed by atoms with Gasteiger partial charge in [-0.25, -0.2) is 18.1 Å². The first-order valence-corrected chi connectivity index (χ1v) is 11.0. The second kappa shape index (κ2) is 6.67. The third kappa shape index (κ3) is 4.05. The van der Waals surface area contributed by atoms with Gasteiger partial charge in [0.2, 0.25) is 15.9 Å². The molecule has 2 N–H and O–H groups in total. The fourth-order valence-electron chi connectivity index (χ4n) is 3.05. The molecule has 10 heteroatoms. The highest BCUT2D eigenvalue weighted by Gasteiger charge is 2.55. The maximum atomic E-state index is 12.2. The quantitative estimate of drug-likeness (QED) is 0.695. The molecule has 1 saturated carbocycles. The number of ether oxygens (including phenoxy) is 1. The molecule has 1 aromatic heterocycles. The monoisotopic (exact) mass is 377 g/mol. The predicted molar refractivity (Wildman–Crippen MR) is 89.1 cm³/mol. The zero-order chi connectivity index (χ0) is 16.6. The van der Waals surface area contributed by atoms with E-state index in [0.29, 0.717) is 6.61 Å². The number of carbonyl (C=O) groups is 1. The number of nitrogens with zero attached hydrogens (tertiary/aromatic N) is 1. The number of rotatable bonds is 6. The Balaban J connectivity index is 1.55. The van der Waals surface area contributed by atoms with E-state index in [4.69, 9.17) is 4.74 Å². The molecular weight excluding hydrogens is 358 g/mol. The number of hydrogen-bond acceptors (Lipinski definition) is 7. The number of aromatic nitrogens is 1. The summed E-state index contributed by atoms with van der Waals surface area (Å²) in [6, 6.07) is -0.586. The van der Waals surface area contributed by atoms with Crippen LogP contribution in [0.3, 0.4) is 0 Å². The Kier molecular flexibility index (Phi) is 4.98. The van der Waals surface area contributed by atoms with E-state index >= 15 is 0 Å². The van der Waals surface area contributed by atoms with Crippen LogP contribution in [0.15, 0.2) is 9.72 Å². The molecular formula is C13H19N3O4S3. The lowest BCUT2D eigenvalue weighted by atomic mass is 9.72. The lowest BCUT2D eigenvalue weighted by Gasteiger charge is -2.47. The second-order valence-electron chi connectivity index (χ2n) is 5.84. The van der Waals surface area contributed by atoms with Gasteiger partial charge in [0, 0.05) is 23.6 Å². The van der Waals surface area contributed by atoms with Gasteiger partial charge in [0.15, 0.2) is 4.34 Å². The number of carbonyl (C=O) groups excluding carboxylic acids is 1. The molecule has 1 aromatic rings. The highest BCUT2D eigenvalue weighted by Crippen LogP contribution is 2.39. The molecule has 0 unspecified atom stereocenters. The largest absolute Gasteiger partial charge is 0.376 e. The van der Waals surface area contributed by atoms with Crippen molar-refractivity contribution in [3.63, 3.8) is 0 Å². The topological polar surface area (TPSA) is 97.4 Å². The average molecular weight is 378 g/mol. The highest BCUT2D eigenvalue weighted by atomic mass is 32.2. The predicted octanol–water partition coefficient (Wildman–Crippen LogP) is 0.365. The van der Waals surface area contributed by atoms with Crippen LogP contribution in [0, 0.1) is 12.8 Å². The molecule has 2 aliphatic rings. The summed E-state index contributed by atoms with van der Waals surface area (Å²) in [5.74, 6) is 0.344. The molecule has 0 bridgehead atoms. The summed E-state index contributed by atoms with van der Waals surface area (Å²) < 4.78 is 32.0. The maximum Gasteiger partial charge on any atom is 0.230 e. The van der Waals surface area contributed by atoms with Crippen molar-refractivity contribution in [1.29, 1.82) is 0 Å². The fraction of sp³-hybridized carbons (Fsp3) is 0.692. The first-order chi connectivity index (χ1) is 10.8. The molecule has 2 fully saturated rings. The Hall–Kier alpha value is -0.680. The van der Waals surface area contributed by atoms with E-state index in [1.54, 1.807) is 0 Å². The first-order valence-electron chi connectivity index (χ1n) is 7.27. The van der Waals surface area contributed by atoms with E-state index in [1.807, 2.05) is 12.3 Å². The van der Waals surface area contributed by atoms with Crippen molar-refractivity contribution in [2.45, 2.75) is 35.9 Å². The van der Waals surface area contributed by atoms with Crippen LogP contribution in [0.1, 0.15) is 12.1 Å². The Morgan fingerprint density at radius 2 is 2.30 bits per heavy atom. The summed E-state index contributed by atoms with van der Waals surface area (Å²) in [6.07, 6.45) is 1.83. The van der Waals surface area contributed by atoms with Crippen LogP contribution in [-0.4, -0.2) is 56.1 Å². The molecule has 4 atom stereocenters. The molecule has 7 nitrogen and oxygen atoms in total. The number of nitrogens with one attached hydrogen (secondary N) is 2. The van der Waals surface area contributed by atoms with Gasteiger partial charge in [0.25, 0.3) is 0 Å². The number of hydrogen-bond donors (Lipinski definition) is 2. The van der Waals surface area contributed by atoms with E-state index in [1.165, 1.54) is 23.1 Å². The number of thiazole rings is 1. The molecule has 23 heavy (non-hydrogen) atoms. The molecule has 1 saturated heterocycles. The van der Waals surface area contributed by atoms with E-state index in [0.717, 1.165) is 22.7 Å². The van der Waals surface area contributed by atoms with E-state index < -0.39 is 10.0 Å². The van der Waals surface area contributed by atoms with Gasteiger partial charge in [0.1, 0.15) is 0 Å². The average Bonchev–Trinajstić information content (AvgIpc) is 3.06. The molecule has 2 heterocycles. The second-order valence-corrected chi connectivity index (χ2v) is 9.70. The Labute approximate surface area is 143 Å². The lowest BCUT2D eigenvalue weighted by molar-refractivity contribution is -0.122. The van der Waals surface area contributed by atoms with Crippen LogP contribution in [0.25, 0.3) is 0 Å².